The Kier molecular flexibility index (Phi) is 47.8. The van der Waals surface area contributed by atoms with E-state index < -0.39 is 0 Å². The van der Waals surface area contributed by atoms with Crippen molar-refractivity contribution in [3.8, 4) is 0 Å². The van der Waals surface area contributed by atoms with E-state index >= 15 is 0 Å². The van der Waals surface area contributed by atoms with Crippen molar-refractivity contribution in [2.45, 2.75) is 246 Å². The van der Waals surface area contributed by atoms with Crippen molar-refractivity contribution in [1.29, 1.82) is 0 Å². The highest BCUT2D eigenvalue weighted by atomic mass is 16.5. The van der Waals surface area contributed by atoms with Gasteiger partial charge in [0.2, 0.25) is 0 Å². The van der Waals surface area contributed by atoms with Gasteiger partial charge in [-0.3, -0.25) is 9.59 Å². The van der Waals surface area contributed by atoms with E-state index in [4.69, 9.17) is 9.47 Å². The molecule has 0 spiro atoms. The average molecular weight is 726 g/mol. The summed E-state index contributed by atoms with van der Waals surface area (Å²) in [6, 6.07) is 0. The number of hydrogen-bond donors (Lipinski definition) is 1. The monoisotopic (exact) mass is 726 g/mol. The molecule has 6 heteroatoms. The lowest BCUT2D eigenvalue weighted by atomic mass is 10.0. The average Bonchev–Trinajstić information content (AvgIpc) is 3.13. The molecule has 0 unspecified atom stereocenters. The first kappa shape index (κ1) is 52.0. The summed E-state index contributed by atoms with van der Waals surface area (Å²) >= 11 is 0. The molecule has 0 saturated carbocycles. The van der Waals surface area contributed by atoms with Gasteiger partial charge in [0.1, 0.15) is 6.10 Å². The van der Waals surface area contributed by atoms with E-state index in [-0.39, 0.29) is 18.7 Å². The molecule has 0 radical (unpaired) electrons. The Balaban J connectivity index is 0. The van der Waals surface area contributed by atoms with Crippen LogP contribution in [0.3, 0.4) is 0 Å². The SMILES string of the molecule is CCCCCCCCC(CCCCCCCC)OC=O.CCCCCCCCN(CCO)CCCCCCCCCC(=O)OCCCCCCC. The van der Waals surface area contributed by atoms with Gasteiger partial charge in [0.25, 0.3) is 6.47 Å². The second kappa shape index (κ2) is 46.9. The fraction of sp³-hybridized carbons (Fsp3) is 0.956. The third kappa shape index (κ3) is 44.9. The number of hydrogen-bond acceptors (Lipinski definition) is 6. The van der Waals surface area contributed by atoms with Gasteiger partial charge in [-0.05, 0) is 64.5 Å². The number of esters is 1. The zero-order chi connectivity index (χ0) is 37.7. The molecule has 0 amide bonds. The van der Waals surface area contributed by atoms with Crippen LogP contribution in [0.2, 0.25) is 0 Å². The Morgan fingerprint density at radius 3 is 1.29 bits per heavy atom. The summed E-state index contributed by atoms with van der Waals surface area (Å²) in [6.45, 7) is 13.6. The van der Waals surface area contributed by atoms with Gasteiger partial charge in [-0.15, -0.1) is 0 Å². The first-order valence-electron chi connectivity index (χ1n) is 22.7. The Morgan fingerprint density at radius 1 is 0.510 bits per heavy atom. The van der Waals surface area contributed by atoms with E-state index in [9.17, 15) is 14.7 Å². The summed E-state index contributed by atoms with van der Waals surface area (Å²) in [6.07, 6.45) is 40.9. The largest absolute Gasteiger partial charge is 0.466 e. The molecule has 51 heavy (non-hydrogen) atoms. The normalized spacial score (nSPS) is 11.2. The van der Waals surface area contributed by atoms with Crippen molar-refractivity contribution in [3.63, 3.8) is 0 Å². The molecule has 0 aromatic carbocycles. The van der Waals surface area contributed by atoms with Crippen LogP contribution in [0.1, 0.15) is 240 Å². The molecule has 0 atom stereocenters. The number of aliphatic hydroxyl groups excluding tert-OH is 1. The Morgan fingerprint density at radius 2 is 0.882 bits per heavy atom. The quantitative estimate of drug-likeness (QED) is 0.0384. The molecule has 1 N–H and O–H groups in total. The summed E-state index contributed by atoms with van der Waals surface area (Å²) in [7, 11) is 0. The maximum atomic E-state index is 11.7. The minimum absolute atomic E-state index is 0.00942. The van der Waals surface area contributed by atoms with Gasteiger partial charge in [0, 0.05) is 13.0 Å². The highest BCUT2D eigenvalue weighted by Crippen LogP contribution is 2.16. The van der Waals surface area contributed by atoms with Gasteiger partial charge in [-0.1, -0.05) is 182 Å². The lowest BCUT2D eigenvalue weighted by Gasteiger charge is -2.21. The van der Waals surface area contributed by atoms with Crippen LogP contribution in [-0.2, 0) is 19.1 Å². The molecule has 0 bridgehead atoms. The molecule has 0 saturated heterocycles. The predicted molar refractivity (Wildman–Crippen MR) is 220 cm³/mol. The summed E-state index contributed by atoms with van der Waals surface area (Å²) < 4.78 is 10.5. The standard InChI is InChI=1S/C27H55NO3.C18H36O2/c1-3-5-7-9-14-18-22-28(24-25-29)23-19-15-12-10-11-13-17-21-27(30)31-26-20-16-8-6-4-2;1-3-5-7-9-11-13-15-18(20-17-19)16-14-12-10-8-6-4-2/h29H,3-26H2,1-2H3;17-18H,3-16H2,1-2H3. The number of aliphatic hydroxyl groups is 1. The van der Waals surface area contributed by atoms with Gasteiger partial charge >= 0.3 is 5.97 Å². The maximum absolute atomic E-state index is 11.7. The van der Waals surface area contributed by atoms with Crippen molar-refractivity contribution >= 4 is 12.4 Å². The smallest absolute Gasteiger partial charge is 0.305 e. The van der Waals surface area contributed by atoms with Gasteiger partial charge in [0.05, 0.1) is 13.2 Å². The minimum atomic E-state index is -0.00942. The molecule has 0 heterocycles. The lowest BCUT2D eigenvalue weighted by Crippen LogP contribution is -2.29. The second-order valence-corrected chi connectivity index (χ2v) is 15.2. The van der Waals surface area contributed by atoms with E-state index in [0.717, 1.165) is 51.7 Å². The van der Waals surface area contributed by atoms with Crippen molar-refractivity contribution in [1.82, 2.24) is 4.90 Å². The van der Waals surface area contributed by atoms with Gasteiger partial charge in [0.15, 0.2) is 0 Å². The number of carbonyl (C=O) groups excluding carboxylic acids is 2. The first-order valence-corrected chi connectivity index (χ1v) is 22.7. The van der Waals surface area contributed by atoms with Crippen LogP contribution in [0.25, 0.3) is 0 Å². The van der Waals surface area contributed by atoms with E-state index in [2.05, 4.69) is 32.6 Å². The number of rotatable bonds is 41. The Bertz CT molecular complexity index is 645. The fourth-order valence-electron chi connectivity index (χ4n) is 6.71. The second-order valence-electron chi connectivity index (χ2n) is 15.2. The highest BCUT2D eigenvalue weighted by Gasteiger charge is 2.09. The Labute approximate surface area is 319 Å². The predicted octanol–water partition coefficient (Wildman–Crippen LogP) is 13.3. The summed E-state index contributed by atoms with van der Waals surface area (Å²) in [4.78, 5) is 24.7. The van der Waals surface area contributed by atoms with E-state index in [1.807, 2.05) is 0 Å². The lowest BCUT2D eigenvalue weighted by molar-refractivity contribution is -0.144. The van der Waals surface area contributed by atoms with Gasteiger partial charge in [-0.25, -0.2) is 0 Å². The molecular formula is C45H91NO5. The number of unbranched alkanes of at least 4 members (excludes halogenated alkanes) is 25. The maximum Gasteiger partial charge on any atom is 0.305 e. The zero-order valence-electron chi connectivity index (χ0n) is 35.1. The summed E-state index contributed by atoms with van der Waals surface area (Å²) in [5.41, 5.74) is 0. The van der Waals surface area contributed by atoms with Gasteiger partial charge in [-0.2, -0.15) is 0 Å². The van der Waals surface area contributed by atoms with Crippen LogP contribution < -0.4 is 0 Å². The molecule has 0 aromatic heterocycles. The van der Waals surface area contributed by atoms with Gasteiger partial charge < -0.3 is 19.5 Å². The third-order valence-electron chi connectivity index (χ3n) is 10.1. The van der Waals surface area contributed by atoms with E-state index in [1.165, 1.54) is 173 Å². The van der Waals surface area contributed by atoms with Crippen molar-refractivity contribution in [2.75, 3.05) is 32.8 Å². The molecular weight excluding hydrogens is 634 g/mol. The first-order chi connectivity index (χ1) is 25.1. The van der Waals surface area contributed by atoms with Crippen LogP contribution in [0.4, 0.5) is 0 Å². The van der Waals surface area contributed by atoms with E-state index in [1.54, 1.807) is 0 Å². The van der Waals surface area contributed by atoms with Crippen LogP contribution in [0, 0.1) is 0 Å². The molecule has 6 nitrogen and oxygen atoms in total. The number of nitrogens with zero attached hydrogens (tertiary/aromatic N) is 1. The Hall–Kier alpha value is -1.14. The highest BCUT2D eigenvalue weighted by molar-refractivity contribution is 5.69. The molecule has 0 aliphatic rings. The number of ether oxygens (including phenoxy) is 2. The third-order valence-corrected chi connectivity index (χ3v) is 10.1. The molecule has 0 aliphatic heterocycles. The zero-order valence-corrected chi connectivity index (χ0v) is 35.1. The minimum Gasteiger partial charge on any atom is -0.466 e. The topological polar surface area (TPSA) is 76.1 Å². The summed E-state index contributed by atoms with van der Waals surface area (Å²) in [5, 5.41) is 9.29. The molecule has 306 valence electrons. The van der Waals surface area contributed by atoms with Crippen LogP contribution in [0.15, 0.2) is 0 Å². The molecule has 0 fully saturated rings. The van der Waals surface area contributed by atoms with Crippen molar-refractivity contribution in [2.24, 2.45) is 0 Å². The van der Waals surface area contributed by atoms with E-state index in [0.29, 0.717) is 19.5 Å². The molecule has 0 aliphatic carbocycles. The van der Waals surface area contributed by atoms with Crippen LogP contribution >= 0.6 is 0 Å². The van der Waals surface area contributed by atoms with Crippen molar-refractivity contribution in [3.05, 3.63) is 0 Å². The fourth-order valence-corrected chi connectivity index (χ4v) is 6.71. The molecule has 0 rings (SSSR count). The van der Waals surface area contributed by atoms with Crippen LogP contribution in [0.5, 0.6) is 0 Å². The molecule has 0 aromatic rings. The summed E-state index contributed by atoms with van der Waals surface area (Å²) in [5.74, 6) is -0.00942. The number of carbonyl (C=O) groups is 2. The van der Waals surface area contributed by atoms with Crippen LogP contribution in [-0.4, -0.2) is 61.4 Å². The van der Waals surface area contributed by atoms with Crippen molar-refractivity contribution < 1.29 is 24.2 Å².